The highest BCUT2D eigenvalue weighted by atomic mass is 16.6. The van der Waals surface area contributed by atoms with Gasteiger partial charge in [0.05, 0.1) is 10.5 Å². The number of nitro benzene ring substituents is 1. The highest BCUT2D eigenvalue weighted by Crippen LogP contribution is 2.30. The van der Waals surface area contributed by atoms with Crippen molar-refractivity contribution in [3.05, 3.63) is 75.3 Å². The smallest absolute Gasteiger partial charge is 0.326 e. The minimum Gasteiger partial charge on any atom is -0.454 e. The third kappa shape index (κ3) is 5.15. The number of carbonyl (C=O) groups is 4. The quantitative estimate of drug-likeness (QED) is 0.273. The van der Waals surface area contributed by atoms with Crippen LogP contribution in [0.25, 0.3) is 0 Å². The molecule has 32 heavy (non-hydrogen) atoms. The molecule has 1 aliphatic rings. The van der Waals surface area contributed by atoms with Crippen LogP contribution < -0.4 is 5.32 Å². The Hall–Kier alpha value is -4.08. The van der Waals surface area contributed by atoms with Crippen molar-refractivity contribution in [3.63, 3.8) is 0 Å². The summed E-state index contributed by atoms with van der Waals surface area (Å²) in [6, 6.07) is 13.3. The van der Waals surface area contributed by atoms with Gasteiger partial charge in [0, 0.05) is 12.1 Å². The van der Waals surface area contributed by atoms with Gasteiger partial charge in [0.2, 0.25) is 0 Å². The van der Waals surface area contributed by atoms with Crippen LogP contribution in [0.15, 0.2) is 48.5 Å². The largest absolute Gasteiger partial charge is 0.454 e. The van der Waals surface area contributed by atoms with Gasteiger partial charge in [-0.25, -0.2) is 0 Å². The number of nitrogens with one attached hydrogen (secondary N) is 1. The fourth-order valence-corrected chi connectivity index (χ4v) is 3.35. The van der Waals surface area contributed by atoms with E-state index in [-0.39, 0.29) is 17.2 Å². The summed E-state index contributed by atoms with van der Waals surface area (Å²) in [5, 5.41) is 13.8. The molecule has 0 saturated heterocycles. The number of nitro groups is 1. The van der Waals surface area contributed by atoms with E-state index in [1.807, 2.05) is 37.3 Å². The standard InChI is InChI=1S/C22H21N3O7/c1-14(10-11-15-6-3-2-4-7-15)23-18(26)13-32-19(27)12-24-21(28)16-8-5-9-17(25(30)31)20(16)22(24)29/h2-9,14H,10-13H2,1H3,(H,23,26)/t14-/m0/s1. The van der Waals surface area contributed by atoms with Crippen molar-refractivity contribution in [3.8, 4) is 0 Å². The molecular weight excluding hydrogens is 418 g/mol. The lowest BCUT2D eigenvalue weighted by molar-refractivity contribution is -0.385. The second-order valence-corrected chi connectivity index (χ2v) is 7.31. The number of imide groups is 1. The van der Waals surface area contributed by atoms with Gasteiger partial charge in [0.25, 0.3) is 23.4 Å². The number of nitrogens with zero attached hydrogens (tertiary/aromatic N) is 2. The van der Waals surface area contributed by atoms with Crippen LogP contribution in [0.1, 0.15) is 39.6 Å². The number of esters is 1. The molecule has 166 valence electrons. The van der Waals surface area contributed by atoms with Gasteiger partial charge >= 0.3 is 5.97 Å². The van der Waals surface area contributed by atoms with E-state index in [9.17, 15) is 29.3 Å². The lowest BCUT2D eigenvalue weighted by Gasteiger charge is -2.15. The first-order valence-corrected chi connectivity index (χ1v) is 9.90. The summed E-state index contributed by atoms with van der Waals surface area (Å²) in [6.07, 6.45) is 1.46. The molecule has 1 heterocycles. The van der Waals surface area contributed by atoms with Crippen molar-refractivity contribution in [2.24, 2.45) is 0 Å². The Morgan fingerprint density at radius 1 is 1.09 bits per heavy atom. The Morgan fingerprint density at radius 2 is 1.81 bits per heavy atom. The first-order valence-electron chi connectivity index (χ1n) is 9.90. The van der Waals surface area contributed by atoms with Crippen LogP contribution in [0.3, 0.4) is 0 Å². The van der Waals surface area contributed by atoms with E-state index in [1.54, 1.807) is 0 Å². The average Bonchev–Trinajstić information content (AvgIpc) is 3.02. The van der Waals surface area contributed by atoms with E-state index >= 15 is 0 Å². The van der Waals surface area contributed by atoms with Gasteiger partial charge in [-0.2, -0.15) is 0 Å². The molecule has 0 aliphatic carbocycles. The van der Waals surface area contributed by atoms with Crippen molar-refractivity contribution in [1.29, 1.82) is 0 Å². The third-order valence-electron chi connectivity index (χ3n) is 4.94. The summed E-state index contributed by atoms with van der Waals surface area (Å²) in [5.74, 6) is -3.27. The molecule has 10 heteroatoms. The maximum absolute atomic E-state index is 12.5. The van der Waals surface area contributed by atoms with Crippen molar-refractivity contribution < 1.29 is 28.8 Å². The average molecular weight is 439 g/mol. The number of amides is 3. The molecule has 3 rings (SSSR count). The number of fused-ring (bicyclic) bond motifs is 1. The van der Waals surface area contributed by atoms with E-state index in [0.717, 1.165) is 18.1 Å². The number of carbonyl (C=O) groups excluding carboxylic acids is 4. The lowest BCUT2D eigenvalue weighted by atomic mass is 10.1. The van der Waals surface area contributed by atoms with E-state index in [4.69, 9.17) is 4.74 Å². The van der Waals surface area contributed by atoms with Crippen LogP contribution >= 0.6 is 0 Å². The Morgan fingerprint density at radius 3 is 2.50 bits per heavy atom. The molecule has 10 nitrogen and oxygen atoms in total. The van der Waals surface area contributed by atoms with Crippen molar-refractivity contribution >= 4 is 29.4 Å². The molecule has 0 spiro atoms. The van der Waals surface area contributed by atoms with Gasteiger partial charge < -0.3 is 10.1 Å². The van der Waals surface area contributed by atoms with E-state index in [1.165, 1.54) is 12.1 Å². The molecule has 2 aromatic rings. The number of aryl methyl sites for hydroxylation is 1. The molecule has 0 saturated carbocycles. The molecule has 0 unspecified atom stereocenters. The van der Waals surface area contributed by atoms with Gasteiger partial charge in [-0.1, -0.05) is 36.4 Å². The SMILES string of the molecule is C[C@@H](CCc1ccccc1)NC(=O)COC(=O)CN1C(=O)c2cccc([N+](=O)[O-])c2C1=O. The Kier molecular flexibility index (Phi) is 6.93. The second kappa shape index (κ2) is 9.82. The number of hydrogen-bond donors (Lipinski definition) is 1. The Bertz CT molecular complexity index is 1070. The summed E-state index contributed by atoms with van der Waals surface area (Å²) in [5.41, 5.74) is 0.115. The van der Waals surface area contributed by atoms with Crippen LogP contribution in [-0.4, -0.2) is 52.7 Å². The zero-order chi connectivity index (χ0) is 23.3. The van der Waals surface area contributed by atoms with Gasteiger partial charge in [-0.05, 0) is 31.4 Å². The predicted molar refractivity (Wildman–Crippen MR) is 112 cm³/mol. The normalized spacial score (nSPS) is 13.5. The van der Waals surface area contributed by atoms with Crippen LogP contribution in [0, 0.1) is 10.1 Å². The van der Waals surface area contributed by atoms with Crippen LogP contribution in [-0.2, 0) is 20.7 Å². The van der Waals surface area contributed by atoms with E-state index in [2.05, 4.69) is 5.32 Å². The molecule has 0 radical (unpaired) electrons. The summed E-state index contributed by atoms with van der Waals surface area (Å²) in [7, 11) is 0. The predicted octanol–water partition coefficient (Wildman–Crippen LogP) is 1.87. The van der Waals surface area contributed by atoms with E-state index in [0.29, 0.717) is 11.3 Å². The zero-order valence-electron chi connectivity index (χ0n) is 17.3. The number of benzene rings is 2. The van der Waals surface area contributed by atoms with Gasteiger partial charge in [-0.15, -0.1) is 0 Å². The summed E-state index contributed by atoms with van der Waals surface area (Å²) in [6.45, 7) is 0.506. The fraction of sp³-hybridized carbons (Fsp3) is 0.273. The topological polar surface area (TPSA) is 136 Å². The molecule has 2 aromatic carbocycles. The molecule has 3 amide bonds. The van der Waals surface area contributed by atoms with Crippen molar-refractivity contribution in [2.75, 3.05) is 13.2 Å². The number of ether oxygens (including phenoxy) is 1. The number of rotatable bonds is 9. The highest BCUT2D eigenvalue weighted by Gasteiger charge is 2.41. The Balaban J connectivity index is 1.48. The minimum atomic E-state index is -0.978. The van der Waals surface area contributed by atoms with Crippen LogP contribution in [0.2, 0.25) is 0 Å². The molecule has 1 aliphatic heterocycles. The van der Waals surface area contributed by atoms with Crippen molar-refractivity contribution in [1.82, 2.24) is 10.2 Å². The molecule has 0 fully saturated rings. The fourth-order valence-electron chi connectivity index (χ4n) is 3.35. The zero-order valence-corrected chi connectivity index (χ0v) is 17.3. The van der Waals surface area contributed by atoms with E-state index < -0.39 is 47.5 Å². The molecule has 1 N–H and O–H groups in total. The first-order chi connectivity index (χ1) is 15.3. The molecule has 0 bridgehead atoms. The third-order valence-corrected chi connectivity index (χ3v) is 4.94. The second-order valence-electron chi connectivity index (χ2n) is 7.31. The summed E-state index contributed by atoms with van der Waals surface area (Å²) >= 11 is 0. The van der Waals surface area contributed by atoms with Crippen molar-refractivity contribution in [2.45, 2.75) is 25.8 Å². The summed E-state index contributed by atoms with van der Waals surface area (Å²) < 4.78 is 4.87. The lowest BCUT2D eigenvalue weighted by Crippen LogP contribution is -2.39. The first kappa shape index (κ1) is 22.6. The van der Waals surface area contributed by atoms with Gasteiger partial charge in [-0.3, -0.25) is 34.2 Å². The highest BCUT2D eigenvalue weighted by molar-refractivity contribution is 6.24. The maximum Gasteiger partial charge on any atom is 0.326 e. The van der Waals surface area contributed by atoms with Gasteiger partial charge in [0.15, 0.2) is 6.61 Å². The molecule has 1 atom stereocenters. The summed E-state index contributed by atoms with van der Waals surface area (Å²) in [4.78, 5) is 59.9. The van der Waals surface area contributed by atoms with Crippen LogP contribution in [0.4, 0.5) is 5.69 Å². The van der Waals surface area contributed by atoms with Gasteiger partial charge in [0.1, 0.15) is 12.1 Å². The minimum absolute atomic E-state index is 0.151. The van der Waals surface area contributed by atoms with Crippen LogP contribution in [0.5, 0.6) is 0 Å². The number of hydrogen-bond acceptors (Lipinski definition) is 7. The maximum atomic E-state index is 12.5. The molecular formula is C22H21N3O7. The monoisotopic (exact) mass is 439 g/mol. The molecule has 0 aromatic heterocycles. The Labute approximate surface area is 183 Å².